The molecule has 1 N–H and O–H groups in total. The van der Waals surface area contributed by atoms with Crippen molar-refractivity contribution in [2.24, 2.45) is 0 Å². The molecule has 112 valence electrons. The Bertz CT molecular complexity index is 826. The lowest BCUT2D eigenvalue weighted by atomic mass is 10.1. The molecule has 3 rings (SSSR count). The number of furan rings is 1. The van der Waals surface area contributed by atoms with E-state index in [4.69, 9.17) is 9.15 Å². The standard InChI is InChI=1S/C17H14FNO3/c1-21-14-5-6-15-11(10-22-16(15)9-14)7-17(20)19-13-4-2-3-12(18)8-13/h2-6,8-10H,7H2,1H3,(H,19,20). The SMILES string of the molecule is COc1ccc2c(CC(=O)Nc3cccc(F)c3)coc2c1. The van der Waals surface area contributed by atoms with E-state index in [1.165, 1.54) is 12.1 Å². The molecular weight excluding hydrogens is 285 g/mol. The minimum absolute atomic E-state index is 0.149. The fourth-order valence-corrected chi connectivity index (χ4v) is 2.27. The van der Waals surface area contributed by atoms with Crippen LogP contribution in [0.1, 0.15) is 5.56 Å². The van der Waals surface area contributed by atoms with Gasteiger partial charge in [0.1, 0.15) is 17.1 Å². The predicted molar refractivity (Wildman–Crippen MR) is 81.5 cm³/mol. The second-order valence-corrected chi connectivity index (χ2v) is 4.86. The number of amides is 1. The molecule has 3 aromatic rings. The van der Waals surface area contributed by atoms with Crippen molar-refractivity contribution >= 4 is 22.6 Å². The predicted octanol–water partition coefficient (Wildman–Crippen LogP) is 3.76. The van der Waals surface area contributed by atoms with Gasteiger partial charge in [-0.15, -0.1) is 0 Å². The van der Waals surface area contributed by atoms with E-state index >= 15 is 0 Å². The van der Waals surface area contributed by atoms with Gasteiger partial charge in [-0.2, -0.15) is 0 Å². The molecular formula is C17H14FNO3. The summed E-state index contributed by atoms with van der Waals surface area (Å²) in [6, 6.07) is 11.2. The van der Waals surface area contributed by atoms with Crippen LogP contribution in [0.2, 0.25) is 0 Å². The Balaban J connectivity index is 1.76. The van der Waals surface area contributed by atoms with Gasteiger partial charge in [0.2, 0.25) is 5.91 Å². The summed E-state index contributed by atoms with van der Waals surface area (Å²) in [6.07, 6.45) is 1.70. The normalized spacial score (nSPS) is 10.6. The van der Waals surface area contributed by atoms with Crippen molar-refractivity contribution in [3.63, 3.8) is 0 Å². The van der Waals surface area contributed by atoms with Crippen molar-refractivity contribution in [1.82, 2.24) is 0 Å². The summed E-state index contributed by atoms with van der Waals surface area (Å²) in [7, 11) is 1.58. The number of carbonyl (C=O) groups excluding carboxylic acids is 1. The summed E-state index contributed by atoms with van der Waals surface area (Å²) in [5.41, 5.74) is 1.86. The number of fused-ring (bicyclic) bond motifs is 1. The highest BCUT2D eigenvalue weighted by atomic mass is 19.1. The van der Waals surface area contributed by atoms with Crippen LogP contribution in [-0.4, -0.2) is 13.0 Å². The van der Waals surface area contributed by atoms with Gasteiger partial charge in [0.05, 0.1) is 19.8 Å². The molecule has 4 nitrogen and oxygen atoms in total. The van der Waals surface area contributed by atoms with Gasteiger partial charge >= 0.3 is 0 Å². The third-order valence-corrected chi connectivity index (χ3v) is 3.32. The number of ether oxygens (including phenoxy) is 1. The maximum absolute atomic E-state index is 13.1. The van der Waals surface area contributed by atoms with E-state index in [2.05, 4.69) is 5.32 Å². The number of halogens is 1. The molecule has 0 aliphatic rings. The Kier molecular flexibility index (Phi) is 3.78. The molecule has 0 unspecified atom stereocenters. The van der Waals surface area contributed by atoms with E-state index in [1.54, 1.807) is 31.6 Å². The third kappa shape index (κ3) is 2.93. The zero-order chi connectivity index (χ0) is 15.5. The highest BCUT2D eigenvalue weighted by Crippen LogP contribution is 2.26. The first-order valence-corrected chi connectivity index (χ1v) is 6.75. The van der Waals surface area contributed by atoms with Crippen LogP contribution in [0.4, 0.5) is 10.1 Å². The second-order valence-electron chi connectivity index (χ2n) is 4.86. The number of nitrogens with one attached hydrogen (secondary N) is 1. The molecule has 22 heavy (non-hydrogen) atoms. The molecule has 1 amide bonds. The minimum Gasteiger partial charge on any atom is -0.497 e. The molecule has 0 atom stereocenters. The van der Waals surface area contributed by atoms with E-state index in [0.717, 1.165) is 10.9 Å². The van der Waals surface area contributed by atoms with E-state index < -0.39 is 5.82 Å². The van der Waals surface area contributed by atoms with Gasteiger partial charge in [-0.1, -0.05) is 6.07 Å². The lowest BCUT2D eigenvalue weighted by molar-refractivity contribution is -0.115. The maximum Gasteiger partial charge on any atom is 0.228 e. The molecule has 0 radical (unpaired) electrons. The Morgan fingerprint density at radius 1 is 1.27 bits per heavy atom. The van der Waals surface area contributed by atoms with Crippen LogP contribution < -0.4 is 10.1 Å². The largest absolute Gasteiger partial charge is 0.497 e. The zero-order valence-corrected chi connectivity index (χ0v) is 11.9. The summed E-state index contributed by atoms with van der Waals surface area (Å²) in [6.45, 7) is 0. The van der Waals surface area contributed by atoms with Crippen LogP contribution in [0, 0.1) is 5.82 Å². The van der Waals surface area contributed by atoms with Crippen LogP contribution >= 0.6 is 0 Å². The van der Waals surface area contributed by atoms with Gasteiger partial charge in [0.25, 0.3) is 0 Å². The number of methoxy groups -OCH3 is 1. The first kappa shape index (κ1) is 14.1. The van der Waals surface area contributed by atoms with E-state index in [0.29, 0.717) is 17.0 Å². The minimum atomic E-state index is -0.390. The molecule has 0 saturated heterocycles. The summed E-state index contributed by atoms with van der Waals surface area (Å²) >= 11 is 0. The highest BCUT2D eigenvalue weighted by molar-refractivity contribution is 5.95. The molecule has 0 saturated carbocycles. The van der Waals surface area contributed by atoms with Gasteiger partial charge in [-0.3, -0.25) is 4.79 Å². The van der Waals surface area contributed by atoms with E-state index in [1.807, 2.05) is 12.1 Å². The van der Waals surface area contributed by atoms with E-state index in [-0.39, 0.29) is 12.3 Å². The monoisotopic (exact) mass is 299 g/mol. The molecule has 0 fully saturated rings. The van der Waals surface area contributed by atoms with Crippen LogP contribution in [-0.2, 0) is 11.2 Å². The fraction of sp³-hybridized carbons (Fsp3) is 0.118. The summed E-state index contributed by atoms with van der Waals surface area (Å²) < 4.78 is 23.7. The second kappa shape index (κ2) is 5.89. The van der Waals surface area contributed by atoms with Crippen molar-refractivity contribution < 1.29 is 18.3 Å². The average Bonchev–Trinajstić information content (AvgIpc) is 2.89. The highest BCUT2D eigenvalue weighted by Gasteiger charge is 2.11. The van der Waals surface area contributed by atoms with Crippen LogP contribution in [0.25, 0.3) is 11.0 Å². The molecule has 0 bridgehead atoms. The van der Waals surface area contributed by atoms with Gasteiger partial charge in [0, 0.05) is 22.7 Å². The van der Waals surface area contributed by atoms with Crippen LogP contribution in [0.3, 0.4) is 0 Å². The molecule has 2 aromatic carbocycles. The quantitative estimate of drug-likeness (QED) is 0.798. The van der Waals surface area contributed by atoms with Crippen molar-refractivity contribution in [2.75, 3.05) is 12.4 Å². The van der Waals surface area contributed by atoms with Gasteiger partial charge < -0.3 is 14.5 Å². The number of carbonyl (C=O) groups is 1. The molecule has 0 aliphatic heterocycles. The van der Waals surface area contributed by atoms with Crippen LogP contribution in [0.5, 0.6) is 5.75 Å². The number of hydrogen-bond acceptors (Lipinski definition) is 3. The van der Waals surface area contributed by atoms with Gasteiger partial charge in [0.15, 0.2) is 0 Å². The smallest absolute Gasteiger partial charge is 0.228 e. The first-order chi connectivity index (χ1) is 10.7. The lowest BCUT2D eigenvalue weighted by Crippen LogP contribution is -2.14. The Hall–Kier alpha value is -2.82. The molecule has 5 heteroatoms. The van der Waals surface area contributed by atoms with Crippen LogP contribution in [0.15, 0.2) is 53.1 Å². The molecule has 0 aliphatic carbocycles. The third-order valence-electron chi connectivity index (χ3n) is 3.32. The molecule has 1 heterocycles. The fourth-order valence-electron chi connectivity index (χ4n) is 2.27. The average molecular weight is 299 g/mol. The summed E-state index contributed by atoms with van der Waals surface area (Å²) in [4.78, 5) is 12.1. The number of benzene rings is 2. The summed E-state index contributed by atoms with van der Waals surface area (Å²) in [5, 5.41) is 3.52. The zero-order valence-electron chi connectivity index (χ0n) is 11.9. The molecule has 0 spiro atoms. The Morgan fingerprint density at radius 3 is 2.91 bits per heavy atom. The number of rotatable bonds is 4. The Morgan fingerprint density at radius 2 is 2.14 bits per heavy atom. The van der Waals surface area contributed by atoms with Crippen molar-refractivity contribution in [3.05, 3.63) is 60.1 Å². The lowest BCUT2D eigenvalue weighted by Gasteiger charge is -2.04. The van der Waals surface area contributed by atoms with Gasteiger partial charge in [-0.05, 0) is 30.3 Å². The maximum atomic E-state index is 13.1. The van der Waals surface area contributed by atoms with Crippen molar-refractivity contribution in [2.45, 2.75) is 6.42 Å². The number of hydrogen-bond donors (Lipinski definition) is 1. The first-order valence-electron chi connectivity index (χ1n) is 6.75. The summed E-state index contributed by atoms with van der Waals surface area (Å²) in [5.74, 6) is 0.0698. The Labute approximate surface area is 126 Å². The topological polar surface area (TPSA) is 51.5 Å². The van der Waals surface area contributed by atoms with Crippen molar-refractivity contribution in [1.29, 1.82) is 0 Å². The van der Waals surface area contributed by atoms with Crippen molar-refractivity contribution in [3.8, 4) is 5.75 Å². The van der Waals surface area contributed by atoms with E-state index in [9.17, 15) is 9.18 Å². The van der Waals surface area contributed by atoms with Gasteiger partial charge in [-0.25, -0.2) is 4.39 Å². The number of anilines is 1. The molecule has 1 aromatic heterocycles.